The molecule has 24 heavy (non-hydrogen) atoms. The van der Waals surface area contributed by atoms with E-state index in [4.69, 9.17) is 4.42 Å². The van der Waals surface area contributed by atoms with Gasteiger partial charge in [-0.2, -0.15) is 0 Å². The zero-order chi connectivity index (χ0) is 16.5. The minimum atomic E-state index is 0.216. The molecule has 4 rings (SSSR count). The third-order valence-corrected chi connectivity index (χ3v) is 4.44. The normalized spacial score (nSPS) is 21.1. The zero-order valence-corrected chi connectivity index (χ0v) is 14.1. The molecule has 1 saturated heterocycles. The molecule has 0 saturated carbocycles. The molecule has 2 N–H and O–H groups in total. The van der Waals surface area contributed by atoms with Crippen LogP contribution in [0.4, 0.5) is 0 Å². The summed E-state index contributed by atoms with van der Waals surface area (Å²) in [6, 6.07) is 8.55. The molecular formula is C18H23N5O. The van der Waals surface area contributed by atoms with Gasteiger partial charge < -0.3 is 8.98 Å². The van der Waals surface area contributed by atoms with Gasteiger partial charge in [0.2, 0.25) is 5.89 Å². The standard InChI is InChI=1S/C18H23N5O/c1-12(2)9-13-10-15(22-21-13)18-19-7-8-23(18)11-17-20-14-5-3-4-6-16(14)24-17/h3-8,12-13,15,21-22H,9-11H2,1-2H3. The van der Waals surface area contributed by atoms with Gasteiger partial charge in [0.1, 0.15) is 17.9 Å². The average molecular weight is 325 g/mol. The van der Waals surface area contributed by atoms with Gasteiger partial charge in [0, 0.05) is 18.4 Å². The van der Waals surface area contributed by atoms with Gasteiger partial charge in [0.15, 0.2) is 5.58 Å². The highest BCUT2D eigenvalue weighted by Crippen LogP contribution is 2.25. The molecule has 1 fully saturated rings. The van der Waals surface area contributed by atoms with Gasteiger partial charge in [0.05, 0.1) is 6.04 Å². The number of nitrogens with zero attached hydrogens (tertiary/aromatic N) is 3. The second-order valence-electron chi connectivity index (χ2n) is 6.89. The molecular weight excluding hydrogens is 302 g/mol. The van der Waals surface area contributed by atoms with Gasteiger partial charge in [-0.1, -0.05) is 26.0 Å². The lowest BCUT2D eigenvalue weighted by atomic mass is 10.00. The highest BCUT2D eigenvalue weighted by Gasteiger charge is 2.28. The molecule has 1 aromatic carbocycles. The molecule has 2 aromatic heterocycles. The highest BCUT2D eigenvalue weighted by atomic mass is 16.3. The van der Waals surface area contributed by atoms with Gasteiger partial charge in [-0.3, -0.25) is 5.43 Å². The van der Waals surface area contributed by atoms with E-state index in [0.29, 0.717) is 24.4 Å². The van der Waals surface area contributed by atoms with Crippen molar-refractivity contribution in [2.75, 3.05) is 0 Å². The van der Waals surface area contributed by atoms with Crippen LogP contribution in [-0.2, 0) is 6.54 Å². The first-order valence-electron chi connectivity index (χ1n) is 8.55. The largest absolute Gasteiger partial charge is 0.439 e. The Morgan fingerprint density at radius 3 is 3.00 bits per heavy atom. The summed E-state index contributed by atoms with van der Waals surface area (Å²) in [5.74, 6) is 2.42. The van der Waals surface area contributed by atoms with Gasteiger partial charge in [-0.15, -0.1) is 0 Å². The van der Waals surface area contributed by atoms with Crippen LogP contribution in [0.15, 0.2) is 41.1 Å². The molecule has 6 nitrogen and oxygen atoms in total. The zero-order valence-electron chi connectivity index (χ0n) is 14.1. The van der Waals surface area contributed by atoms with Crippen molar-refractivity contribution in [3.63, 3.8) is 0 Å². The van der Waals surface area contributed by atoms with E-state index in [9.17, 15) is 0 Å². The number of fused-ring (bicyclic) bond motifs is 1. The number of para-hydroxylation sites is 2. The lowest BCUT2D eigenvalue weighted by molar-refractivity contribution is 0.446. The van der Waals surface area contributed by atoms with Crippen molar-refractivity contribution in [1.29, 1.82) is 0 Å². The summed E-state index contributed by atoms with van der Waals surface area (Å²) in [6.45, 7) is 5.10. The van der Waals surface area contributed by atoms with Crippen LogP contribution < -0.4 is 10.9 Å². The number of aromatic nitrogens is 3. The van der Waals surface area contributed by atoms with E-state index in [0.717, 1.165) is 29.8 Å². The number of imidazole rings is 1. The summed E-state index contributed by atoms with van der Waals surface area (Å²) in [5.41, 5.74) is 8.50. The van der Waals surface area contributed by atoms with E-state index in [1.54, 1.807) is 0 Å². The molecule has 0 aliphatic carbocycles. The number of oxazole rings is 1. The second kappa shape index (κ2) is 6.37. The molecule has 0 amide bonds. The van der Waals surface area contributed by atoms with E-state index in [1.165, 1.54) is 0 Å². The van der Waals surface area contributed by atoms with Crippen molar-refractivity contribution in [1.82, 2.24) is 25.4 Å². The molecule has 1 aliphatic rings. The van der Waals surface area contributed by atoms with Crippen LogP contribution in [0.25, 0.3) is 11.1 Å². The van der Waals surface area contributed by atoms with E-state index in [2.05, 4.69) is 39.2 Å². The van der Waals surface area contributed by atoms with Gasteiger partial charge in [0.25, 0.3) is 0 Å². The smallest absolute Gasteiger partial charge is 0.215 e. The third-order valence-electron chi connectivity index (χ3n) is 4.44. The van der Waals surface area contributed by atoms with E-state index in [-0.39, 0.29) is 6.04 Å². The van der Waals surface area contributed by atoms with E-state index >= 15 is 0 Å². The first-order valence-corrected chi connectivity index (χ1v) is 8.55. The summed E-state index contributed by atoms with van der Waals surface area (Å²) < 4.78 is 7.95. The van der Waals surface area contributed by atoms with Gasteiger partial charge >= 0.3 is 0 Å². The predicted molar refractivity (Wildman–Crippen MR) is 92.2 cm³/mol. The van der Waals surface area contributed by atoms with Crippen LogP contribution in [0.3, 0.4) is 0 Å². The number of nitrogens with one attached hydrogen (secondary N) is 2. The van der Waals surface area contributed by atoms with Crippen molar-refractivity contribution < 1.29 is 4.42 Å². The molecule has 2 atom stereocenters. The Labute approximate surface area is 141 Å². The molecule has 3 aromatic rings. The maximum Gasteiger partial charge on any atom is 0.215 e. The molecule has 0 bridgehead atoms. The van der Waals surface area contributed by atoms with Crippen LogP contribution >= 0.6 is 0 Å². The molecule has 0 spiro atoms. The first-order chi connectivity index (χ1) is 11.7. The van der Waals surface area contributed by atoms with Crippen molar-refractivity contribution in [3.8, 4) is 0 Å². The quantitative estimate of drug-likeness (QED) is 0.755. The van der Waals surface area contributed by atoms with Crippen LogP contribution in [-0.4, -0.2) is 20.6 Å². The maximum absolute atomic E-state index is 5.84. The SMILES string of the molecule is CC(C)CC1CC(c2nccn2Cc2nc3ccccc3o2)NN1. The molecule has 3 heterocycles. The Kier molecular flexibility index (Phi) is 4.08. The van der Waals surface area contributed by atoms with Crippen molar-refractivity contribution >= 4 is 11.1 Å². The summed E-state index contributed by atoms with van der Waals surface area (Å²) in [7, 11) is 0. The number of hydrazine groups is 1. The fraction of sp³-hybridized carbons (Fsp3) is 0.444. The fourth-order valence-corrected chi connectivity index (χ4v) is 3.41. The average Bonchev–Trinajstić information content (AvgIpc) is 3.25. The lowest BCUT2D eigenvalue weighted by Crippen LogP contribution is -2.32. The second-order valence-corrected chi connectivity index (χ2v) is 6.89. The van der Waals surface area contributed by atoms with Crippen LogP contribution in [0, 0.1) is 5.92 Å². The minimum absolute atomic E-state index is 0.216. The Balaban J connectivity index is 1.50. The van der Waals surface area contributed by atoms with E-state index in [1.807, 2.05) is 36.7 Å². The maximum atomic E-state index is 5.84. The minimum Gasteiger partial charge on any atom is -0.439 e. The van der Waals surface area contributed by atoms with E-state index < -0.39 is 0 Å². The number of benzene rings is 1. The van der Waals surface area contributed by atoms with Gasteiger partial charge in [-0.25, -0.2) is 15.4 Å². The molecule has 2 unspecified atom stereocenters. The fourth-order valence-electron chi connectivity index (χ4n) is 3.41. The third kappa shape index (κ3) is 3.07. The number of hydrogen-bond donors (Lipinski definition) is 2. The molecule has 0 radical (unpaired) electrons. The van der Waals surface area contributed by atoms with Crippen molar-refractivity contribution in [2.45, 2.75) is 45.3 Å². The predicted octanol–water partition coefficient (Wildman–Crippen LogP) is 3.03. The monoisotopic (exact) mass is 325 g/mol. The Morgan fingerprint density at radius 2 is 2.17 bits per heavy atom. The summed E-state index contributed by atoms with van der Waals surface area (Å²) >= 11 is 0. The summed E-state index contributed by atoms with van der Waals surface area (Å²) in [4.78, 5) is 9.11. The Morgan fingerprint density at radius 1 is 1.29 bits per heavy atom. The van der Waals surface area contributed by atoms with Crippen LogP contribution in [0.5, 0.6) is 0 Å². The number of rotatable bonds is 5. The summed E-state index contributed by atoms with van der Waals surface area (Å²) in [5, 5.41) is 0. The Hall–Kier alpha value is -2.18. The summed E-state index contributed by atoms with van der Waals surface area (Å²) in [6.07, 6.45) is 6.04. The van der Waals surface area contributed by atoms with Crippen molar-refractivity contribution in [2.24, 2.45) is 5.92 Å². The van der Waals surface area contributed by atoms with Crippen LogP contribution in [0.1, 0.15) is 44.4 Å². The number of hydrogen-bond acceptors (Lipinski definition) is 5. The van der Waals surface area contributed by atoms with Crippen LogP contribution in [0.2, 0.25) is 0 Å². The first kappa shape index (κ1) is 15.4. The highest BCUT2D eigenvalue weighted by molar-refractivity contribution is 5.72. The molecule has 6 heteroatoms. The van der Waals surface area contributed by atoms with Gasteiger partial charge in [-0.05, 0) is 30.9 Å². The van der Waals surface area contributed by atoms with Crippen molar-refractivity contribution in [3.05, 3.63) is 48.4 Å². The molecule has 126 valence electrons. The lowest BCUT2D eigenvalue weighted by Gasteiger charge is -2.12. The topological polar surface area (TPSA) is 67.9 Å². The Bertz CT molecular complexity index is 789. The molecule has 1 aliphatic heterocycles.